The fourth-order valence-electron chi connectivity index (χ4n) is 2.24. The number of benzene rings is 1. The van der Waals surface area contributed by atoms with E-state index in [0.717, 1.165) is 4.47 Å². The minimum atomic E-state index is -3.72. The van der Waals surface area contributed by atoms with Crippen molar-refractivity contribution >= 4 is 48.6 Å². The first-order chi connectivity index (χ1) is 11.4. The van der Waals surface area contributed by atoms with Crippen molar-refractivity contribution in [2.45, 2.75) is 10.5 Å². The van der Waals surface area contributed by atoms with Gasteiger partial charge in [-0.25, -0.2) is 13.1 Å². The summed E-state index contributed by atoms with van der Waals surface area (Å²) < 4.78 is 28.3. The van der Waals surface area contributed by atoms with Crippen LogP contribution in [0.5, 0.6) is 0 Å². The summed E-state index contributed by atoms with van der Waals surface area (Å²) >= 11 is 6.13. The van der Waals surface area contributed by atoms with E-state index in [9.17, 15) is 13.5 Å². The molecule has 0 saturated heterocycles. The number of nitrogens with one attached hydrogen (secondary N) is 1. The predicted molar refractivity (Wildman–Crippen MR) is 101 cm³/mol. The zero-order chi connectivity index (χ0) is 17.2. The van der Waals surface area contributed by atoms with E-state index in [2.05, 4.69) is 20.7 Å². The smallest absolute Gasteiger partial charge is 0.240 e. The van der Waals surface area contributed by atoms with E-state index in [1.54, 1.807) is 24.3 Å². The molecule has 3 rings (SSSR count). The van der Waals surface area contributed by atoms with Crippen LogP contribution in [0.2, 0.25) is 0 Å². The first kappa shape index (κ1) is 17.8. The second kappa shape index (κ2) is 7.07. The number of halogens is 1. The fraction of sp³-hybridized carbons (Fsp3) is 0.125. The van der Waals surface area contributed by atoms with Crippen LogP contribution in [0.25, 0.3) is 0 Å². The molecule has 1 unspecified atom stereocenters. The molecule has 4 nitrogen and oxygen atoms in total. The second-order valence-corrected chi connectivity index (χ2v) is 9.54. The van der Waals surface area contributed by atoms with Gasteiger partial charge in [0, 0.05) is 21.5 Å². The van der Waals surface area contributed by atoms with Crippen molar-refractivity contribution < 1.29 is 13.5 Å². The van der Waals surface area contributed by atoms with Gasteiger partial charge in [-0.3, -0.25) is 0 Å². The predicted octanol–water partition coefficient (Wildman–Crippen LogP) is 3.79. The summed E-state index contributed by atoms with van der Waals surface area (Å²) in [6, 6.07) is 11.8. The van der Waals surface area contributed by atoms with Gasteiger partial charge in [-0.2, -0.15) is 11.3 Å². The van der Waals surface area contributed by atoms with Crippen molar-refractivity contribution in [2.24, 2.45) is 0 Å². The lowest BCUT2D eigenvalue weighted by Gasteiger charge is -2.26. The molecule has 0 bridgehead atoms. The monoisotopic (exact) mass is 443 g/mol. The van der Waals surface area contributed by atoms with Crippen molar-refractivity contribution in [3.8, 4) is 0 Å². The molecule has 0 amide bonds. The van der Waals surface area contributed by atoms with E-state index in [4.69, 9.17) is 0 Å². The van der Waals surface area contributed by atoms with E-state index in [1.807, 2.05) is 22.2 Å². The van der Waals surface area contributed by atoms with Gasteiger partial charge in [0.15, 0.2) is 0 Å². The zero-order valence-electron chi connectivity index (χ0n) is 12.3. The Kier molecular flexibility index (Phi) is 5.24. The third-order valence-electron chi connectivity index (χ3n) is 3.57. The lowest BCUT2D eigenvalue weighted by atomic mass is 9.95. The van der Waals surface area contributed by atoms with Gasteiger partial charge in [0.05, 0.1) is 4.90 Å². The molecule has 0 aliphatic heterocycles. The van der Waals surface area contributed by atoms with Crippen molar-refractivity contribution in [3.05, 3.63) is 73.5 Å². The lowest BCUT2D eigenvalue weighted by Crippen LogP contribution is -2.40. The minimum Gasteiger partial charge on any atom is -0.378 e. The fourth-order valence-corrected chi connectivity index (χ4v) is 5.14. The molecule has 1 aromatic carbocycles. The van der Waals surface area contributed by atoms with Crippen LogP contribution >= 0.6 is 38.6 Å². The van der Waals surface area contributed by atoms with Gasteiger partial charge in [0.25, 0.3) is 0 Å². The Morgan fingerprint density at radius 2 is 1.88 bits per heavy atom. The van der Waals surface area contributed by atoms with Crippen molar-refractivity contribution in [2.75, 3.05) is 6.54 Å². The van der Waals surface area contributed by atoms with Crippen molar-refractivity contribution in [1.29, 1.82) is 0 Å². The molecular weight excluding hydrogens is 430 g/mol. The lowest BCUT2D eigenvalue weighted by molar-refractivity contribution is 0.0903. The second-order valence-electron chi connectivity index (χ2n) is 5.13. The third kappa shape index (κ3) is 3.63. The molecule has 126 valence electrons. The molecule has 2 aromatic heterocycles. The Morgan fingerprint density at radius 1 is 1.12 bits per heavy atom. The van der Waals surface area contributed by atoms with Crippen molar-refractivity contribution in [3.63, 3.8) is 0 Å². The summed E-state index contributed by atoms with van der Waals surface area (Å²) in [5.74, 6) is 0. The van der Waals surface area contributed by atoms with E-state index in [1.165, 1.54) is 34.8 Å². The summed E-state index contributed by atoms with van der Waals surface area (Å²) in [5.41, 5.74) is -0.718. The van der Waals surface area contributed by atoms with Crippen LogP contribution in [0.4, 0.5) is 0 Å². The molecule has 0 fully saturated rings. The van der Waals surface area contributed by atoms with Gasteiger partial charge in [0.2, 0.25) is 10.0 Å². The quantitative estimate of drug-likeness (QED) is 0.608. The Labute approximate surface area is 157 Å². The highest BCUT2D eigenvalue weighted by Gasteiger charge is 2.34. The summed E-state index contributed by atoms with van der Waals surface area (Å²) in [5, 5.41) is 16.7. The van der Waals surface area contributed by atoms with Gasteiger partial charge in [-0.15, -0.1) is 11.3 Å². The van der Waals surface area contributed by atoms with Crippen LogP contribution in [0.1, 0.15) is 10.4 Å². The van der Waals surface area contributed by atoms with Crippen molar-refractivity contribution in [1.82, 2.24) is 4.72 Å². The van der Waals surface area contributed by atoms with E-state index >= 15 is 0 Å². The summed E-state index contributed by atoms with van der Waals surface area (Å²) in [4.78, 5) is 0.851. The van der Waals surface area contributed by atoms with E-state index in [0.29, 0.717) is 10.4 Å². The molecule has 0 aliphatic rings. The number of aliphatic hydroxyl groups is 1. The Morgan fingerprint density at radius 3 is 2.46 bits per heavy atom. The van der Waals surface area contributed by atoms with Gasteiger partial charge in [-0.05, 0) is 52.5 Å². The van der Waals surface area contributed by atoms with Crippen LogP contribution in [-0.2, 0) is 15.6 Å². The number of rotatable bonds is 6. The van der Waals surface area contributed by atoms with Gasteiger partial charge < -0.3 is 5.11 Å². The molecule has 24 heavy (non-hydrogen) atoms. The molecule has 2 heterocycles. The van der Waals surface area contributed by atoms with Gasteiger partial charge >= 0.3 is 0 Å². The van der Waals surface area contributed by atoms with Crippen LogP contribution in [-0.4, -0.2) is 20.1 Å². The molecule has 3 aromatic rings. The van der Waals surface area contributed by atoms with Crippen LogP contribution in [0, 0.1) is 0 Å². The first-order valence-corrected chi connectivity index (χ1v) is 11.1. The molecule has 1 atom stereocenters. The maximum absolute atomic E-state index is 12.5. The minimum absolute atomic E-state index is 0.136. The summed E-state index contributed by atoms with van der Waals surface area (Å²) in [7, 11) is -3.72. The number of thiophene rings is 2. The normalized spacial score (nSPS) is 14.4. The van der Waals surface area contributed by atoms with Crippen LogP contribution in [0.15, 0.2) is 68.0 Å². The molecule has 8 heteroatoms. The number of hydrogen-bond donors (Lipinski definition) is 2. The molecule has 2 N–H and O–H groups in total. The Bertz CT molecular complexity index is 854. The molecular formula is C16H14BrNO3S3. The molecule has 0 spiro atoms. The highest BCUT2D eigenvalue weighted by Crippen LogP contribution is 2.34. The first-order valence-electron chi connectivity index (χ1n) is 6.96. The topological polar surface area (TPSA) is 66.4 Å². The molecule has 0 radical (unpaired) electrons. The summed E-state index contributed by atoms with van der Waals surface area (Å²) in [6.45, 7) is -0.136. The third-order valence-corrected chi connectivity index (χ3v) is 7.22. The average Bonchev–Trinajstić information content (AvgIpc) is 3.26. The zero-order valence-corrected chi connectivity index (χ0v) is 16.4. The van der Waals surface area contributed by atoms with E-state index < -0.39 is 15.6 Å². The van der Waals surface area contributed by atoms with Crippen LogP contribution in [0.3, 0.4) is 0 Å². The summed E-state index contributed by atoms with van der Waals surface area (Å²) in [6.07, 6.45) is 0. The highest BCUT2D eigenvalue weighted by atomic mass is 79.9. The molecule has 0 saturated carbocycles. The largest absolute Gasteiger partial charge is 0.378 e. The Balaban J connectivity index is 1.88. The van der Waals surface area contributed by atoms with Gasteiger partial charge in [0.1, 0.15) is 5.60 Å². The van der Waals surface area contributed by atoms with Gasteiger partial charge in [-0.1, -0.05) is 22.0 Å². The van der Waals surface area contributed by atoms with E-state index in [-0.39, 0.29) is 11.4 Å². The number of hydrogen-bond acceptors (Lipinski definition) is 5. The standard InChI is InChI=1S/C16H14BrNO3S3/c17-13-3-5-14(6-4-13)24(20,21)18-11-16(19,12-7-9-22-10-12)15-2-1-8-23-15/h1-10,18-19H,11H2. The maximum Gasteiger partial charge on any atom is 0.240 e. The highest BCUT2D eigenvalue weighted by molar-refractivity contribution is 9.10. The Hall–Kier alpha value is -1.03. The number of sulfonamides is 1. The maximum atomic E-state index is 12.5. The van der Waals surface area contributed by atoms with Crippen LogP contribution < -0.4 is 4.72 Å². The average molecular weight is 444 g/mol. The SMILES string of the molecule is O=S(=O)(NCC(O)(c1ccsc1)c1cccs1)c1ccc(Br)cc1. The molecule has 0 aliphatic carbocycles.